The molecule has 1 N–H and O–H groups in total. The SMILES string of the molecule is CCC(=O)c1cc2nccc(-c3ccc(OC)c(OC)c3)n2n1.Cc1ccc(OCC(=O)O)cc1. The summed E-state index contributed by atoms with van der Waals surface area (Å²) < 4.78 is 17.2. The van der Waals surface area contributed by atoms with Crippen molar-refractivity contribution < 1.29 is 28.9 Å². The first-order valence-electron chi connectivity index (χ1n) is 10.9. The summed E-state index contributed by atoms with van der Waals surface area (Å²) in [7, 11) is 3.19. The minimum Gasteiger partial charge on any atom is -0.493 e. The molecule has 2 heterocycles. The van der Waals surface area contributed by atoms with Crippen LogP contribution in [0.2, 0.25) is 0 Å². The van der Waals surface area contributed by atoms with E-state index in [4.69, 9.17) is 19.3 Å². The Morgan fingerprint density at radius 1 is 0.971 bits per heavy atom. The number of aromatic nitrogens is 3. The molecule has 0 unspecified atom stereocenters. The first kappa shape index (κ1) is 25.2. The van der Waals surface area contributed by atoms with Crippen LogP contribution < -0.4 is 14.2 Å². The third kappa shape index (κ3) is 6.35. The summed E-state index contributed by atoms with van der Waals surface area (Å²) in [5, 5.41) is 12.7. The van der Waals surface area contributed by atoms with Crippen molar-refractivity contribution in [3.8, 4) is 28.5 Å². The molecule has 0 radical (unpaired) electrons. The molecule has 9 nitrogen and oxygen atoms in total. The molecular weight excluding hydrogens is 450 g/mol. The maximum absolute atomic E-state index is 11.9. The summed E-state index contributed by atoms with van der Waals surface area (Å²) in [5.74, 6) is 0.906. The molecule has 0 amide bonds. The van der Waals surface area contributed by atoms with Crippen molar-refractivity contribution in [2.75, 3.05) is 20.8 Å². The minimum absolute atomic E-state index is 0.00578. The van der Waals surface area contributed by atoms with E-state index in [2.05, 4.69) is 10.1 Å². The summed E-state index contributed by atoms with van der Waals surface area (Å²) in [6.07, 6.45) is 2.11. The summed E-state index contributed by atoms with van der Waals surface area (Å²) in [4.78, 5) is 26.3. The fourth-order valence-electron chi connectivity index (χ4n) is 3.21. The molecule has 35 heavy (non-hydrogen) atoms. The van der Waals surface area contributed by atoms with Gasteiger partial charge in [-0.05, 0) is 43.3 Å². The zero-order valence-corrected chi connectivity index (χ0v) is 20.0. The van der Waals surface area contributed by atoms with E-state index in [0.717, 1.165) is 16.8 Å². The highest BCUT2D eigenvalue weighted by Crippen LogP contribution is 2.32. The van der Waals surface area contributed by atoms with Crippen LogP contribution in [0.5, 0.6) is 17.2 Å². The van der Waals surface area contributed by atoms with Gasteiger partial charge in [0.15, 0.2) is 29.5 Å². The number of hydrogen-bond acceptors (Lipinski definition) is 7. The van der Waals surface area contributed by atoms with Crippen LogP contribution in [-0.4, -0.2) is 52.3 Å². The number of benzene rings is 2. The number of ketones is 1. The molecule has 0 aliphatic rings. The van der Waals surface area contributed by atoms with E-state index in [1.54, 1.807) is 43.1 Å². The number of aliphatic carboxylic acids is 1. The molecule has 0 aliphatic carbocycles. The van der Waals surface area contributed by atoms with Crippen molar-refractivity contribution in [1.29, 1.82) is 0 Å². The number of Topliss-reactive ketones (excluding diaryl/α,β-unsaturated/α-hetero) is 1. The van der Waals surface area contributed by atoms with Gasteiger partial charge in [-0.15, -0.1) is 0 Å². The third-order valence-corrected chi connectivity index (χ3v) is 5.03. The van der Waals surface area contributed by atoms with Crippen LogP contribution in [0, 0.1) is 6.92 Å². The number of hydrogen-bond donors (Lipinski definition) is 1. The van der Waals surface area contributed by atoms with Gasteiger partial charge in [0.1, 0.15) is 11.4 Å². The van der Waals surface area contributed by atoms with Gasteiger partial charge < -0.3 is 19.3 Å². The smallest absolute Gasteiger partial charge is 0.341 e. The lowest BCUT2D eigenvalue weighted by Crippen LogP contribution is -2.09. The van der Waals surface area contributed by atoms with Gasteiger partial charge in [0.25, 0.3) is 0 Å². The van der Waals surface area contributed by atoms with Crippen LogP contribution in [0.15, 0.2) is 60.8 Å². The lowest BCUT2D eigenvalue weighted by Gasteiger charge is -2.10. The number of ether oxygens (including phenoxy) is 3. The van der Waals surface area contributed by atoms with Gasteiger partial charge in [-0.1, -0.05) is 24.6 Å². The summed E-state index contributed by atoms with van der Waals surface area (Å²) in [6, 6.07) is 16.4. The van der Waals surface area contributed by atoms with Gasteiger partial charge in [-0.2, -0.15) is 5.10 Å². The topological polar surface area (TPSA) is 112 Å². The first-order chi connectivity index (χ1) is 16.9. The molecule has 0 bridgehead atoms. The standard InChI is InChI=1S/C17H17N3O3.C9H10O3/c1-4-14(21)12-10-17-18-8-7-13(20(17)19-12)11-5-6-15(22-2)16(9-11)23-3;1-7-2-4-8(5-3-7)12-6-9(10)11/h5-10H,4H2,1-3H3;2-5H,6H2,1H3,(H,10,11). The van der Waals surface area contributed by atoms with Crippen molar-refractivity contribution in [2.45, 2.75) is 20.3 Å². The molecule has 2 aromatic carbocycles. The largest absolute Gasteiger partial charge is 0.493 e. The number of fused-ring (bicyclic) bond motifs is 1. The number of carbonyl (C=O) groups is 2. The Hall–Kier alpha value is -4.40. The predicted octanol–water partition coefficient (Wildman–Crippen LogP) is 4.46. The lowest BCUT2D eigenvalue weighted by molar-refractivity contribution is -0.139. The van der Waals surface area contributed by atoms with Gasteiger partial charge in [0, 0.05) is 24.2 Å². The monoisotopic (exact) mass is 477 g/mol. The van der Waals surface area contributed by atoms with Crippen molar-refractivity contribution in [2.24, 2.45) is 0 Å². The zero-order valence-electron chi connectivity index (χ0n) is 20.0. The highest BCUT2D eigenvalue weighted by Gasteiger charge is 2.14. The summed E-state index contributed by atoms with van der Waals surface area (Å²) >= 11 is 0. The highest BCUT2D eigenvalue weighted by atomic mass is 16.5. The van der Waals surface area contributed by atoms with E-state index in [9.17, 15) is 9.59 Å². The summed E-state index contributed by atoms with van der Waals surface area (Å²) in [5.41, 5.74) is 3.90. The van der Waals surface area contributed by atoms with Crippen LogP contribution in [-0.2, 0) is 4.79 Å². The van der Waals surface area contributed by atoms with Gasteiger partial charge in [0.2, 0.25) is 0 Å². The van der Waals surface area contributed by atoms with Crippen LogP contribution in [0.3, 0.4) is 0 Å². The van der Waals surface area contributed by atoms with Crippen molar-refractivity contribution >= 4 is 17.4 Å². The van der Waals surface area contributed by atoms with E-state index in [1.165, 1.54) is 0 Å². The fourth-order valence-corrected chi connectivity index (χ4v) is 3.21. The normalized spacial score (nSPS) is 10.3. The zero-order chi connectivity index (χ0) is 25.4. The van der Waals surface area contributed by atoms with E-state index in [0.29, 0.717) is 35.0 Å². The number of nitrogens with zero attached hydrogens (tertiary/aromatic N) is 3. The Bertz CT molecular complexity index is 1310. The van der Waals surface area contributed by atoms with Crippen molar-refractivity contribution in [1.82, 2.24) is 14.6 Å². The third-order valence-electron chi connectivity index (χ3n) is 5.03. The Kier molecular flexibility index (Phi) is 8.39. The van der Waals surface area contributed by atoms with Crippen LogP contribution >= 0.6 is 0 Å². The van der Waals surface area contributed by atoms with E-state index >= 15 is 0 Å². The average molecular weight is 478 g/mol. The lowest BCUT2D eigenvalue weighted by atomic mass is 10.1. The van der Waals surface area contributed by atoms with Gasteiger partial charge in [-0.25, -0.2) is 14.3 Å². The van der Waals surface area contributed by atoms with Crippen molar-refractivity contribution in [3.63, 3.8) is 0 Å². The van der Waals surface area contributed by atoms with Crippen LogP contribution in [0.25, 0.3) is 16.9 Å². The molecule has 2 aromatic heterocycles. The minimum atomic E-state index is -0.962. The van der Waals surface area contributed by atoms with E-state index in [1.807, 2.05) is 50.2 Å². The number of carbonyl (C=O) groups excluding carboxylic acids is 1. The second-order valence-electron chi connectivity index (χ2n) is 7.47. The highest BCUT2D eigenvalue weighted by molar-refractivity contribution is 5.95. The molecule has 0 saturated heterocycles. The molecule has 0 spiro atoms. The Morgan fingerprint density at radius 3 is 2.31 bits per heavy atom. The number of carboxylic acids is 1. The maximum Gasteiger partial charge on any atom is 0.341 e. The molecule has 0 fully saturated rings. The van der Waals surface area contributed by atoms with Crippen molar-refractivity contribution in [3.05, 3.63) is 72.1 Å². The number of methoxy groups -OCH3 is 2. The van der Waals surface area contributed by atoms with E-state index < -0.39 is 5.97 Å². The number of rotatable bonds is 8. The second-order valence-corrected chi connectivity index (χ2v) is 7.47. The van der Waals surface area contributed by atoms with Crippen LogP contribution in [0.1, 0.15) is 29.4 Å². The molecule has 0 saturated carbocycles. The Balaban J connectivity index is 0.000000241. The quantitative estimate of drug-likeness (QED) is 0.370. The predicted molar refractivity (Wildman–Crippen MR) is 130 cm³/mol. The average Bonchev–Trinajstić information content (AvgIpc) is 3.32. The molecule has 4 rings (SSSR count). The molecule has 182 valence electrons. The summed E-state index contributed by atoms with van der Waals surface area (Å²) in [6.45, 7) is 3.49. The van der Waals surface area contributed by atoms with Crippen LogP contribution in [0.4, 0.5) is 0 Å². The van der Waals surface area contributed by atoms with Gasteiger partial charge in [-0.3, -0.25) is 4.79 Å². The van der Waals surface area contributed by atoms with E-state index in [-0.39, 0.29) is 12.4 Å². The number of aryl methyl sites for hydroxylation is 1. The Labute approximate surface area is 202 Å². The molecule has 9 heteroatoms. The number of carboxylic acid groups (broad SMARTS) is 1. The molecular formula is C26H27N3O6. The molecule has 4 aromatic rings. The van der Waals surface area contributed by atoms with Gasteiger partial charge in [0.05, 0.1) is 19.9 Å². The molecule has 0 aliphatic heterocycles. The maximum atomic E-state index is 11.9. The second kappa shape index (κ2) is 11.6. The fraction of sp³-hybridized carbons (Fsp3) is 0.231. The Morgan fingerprint density at radius 2 is 1.69 bits per heavy atom. The molecule has 0 atom stereocenters. The van der Waals surface area contributed by atoms with Gasteiger partial charge >= 0.3 is 5.97 Å². The first-order valence-corrected chi connectivity index (χ1v) is 10.9.